The minimum absolute atomic E-state index is 0.274. The van der Waals surface area contributed by atoms with Crippen molar-refractivity contribution in [2.45, 2.75) is 0 Å². The Balaban J connectivity index is 3.13. The molecular formula is C8BrCl2F3N2OS. The van der Waals surface area contributed by atoms with Crippen LogP contribution in [0.5, 0.6) is 0 Å². The molecule has 3 nitrogen and oxygen atoms in total. The van der Waals surface area contributed by atoms with Crippen molar-refractivity contribution in [2.24, 2.45) is 0 Å². The van der Waals surface area contributed by atoms with Crippen LogP contribution in [-0.2, 0) is 0 Å². The first-order valence-corrected chi connectivity index (χ1v) is 6.35. The third-order valence-electron chi connectivity index (χ3n) is 2.08. The highest BCUT2D eigenvalue weighted by molar-refractivity contribution is 9.10. The van der Waals surface area contributed by atoms with Crippen molar-refractivity contribution in [2.75, 3.05) is 0 Å². The molecule has 0 fully saturated rings. The molecule has 0 aliphatic carbocycles. The van der Waals surface area contributed by atoms with E-state index >= 15 is 0 Å². The molecule has 1 heterocycles. The molecule has 0 radical (unpaired) electrons. The predicted molar refractivity (Wildman–Crippen MR) is 67.7 cm³/mol. The zero-order valence-electron chi connectivity index (χ0n) is 7.98. The standard InChI is InChI=1S/C8BrCl2F3N2OS/c9-2-3(10)4(12)1-6(5(2)13)15-8(11)16(18-14)7(1)17. The van der Waals surface area contributed by atoms with Gasteiger partial charge in [-0.15, -0.1) is 3.89 Å². The van der Waals surface area contributed by atoms with E-state index < -0.39 is 50.7 Å². The first kappa shape index (κ1) is 14.0. The number of hydrogen-bond donors (Lipinski definition) is 0. The van der Waals surface area contributed by atoms with Crippen LogP contribution in [0.2, 0.25) is 10.3 Å². The maximum Gasteiger partial charge on any atom is 0.277 e. The third kappa shape index (κ3) is 1.91. The van der Waals surface area contributed by atoms with Gasteiger partial charge in [-0.1, -0.05) is 11.6 Å². The molecule has 0 atom stereocenters. The van der Waals surface area contributed by atoms with Crippen molar-refractivity contribution in [3.63, 3.8) is 0 Å². The van der Waals surface area contributed by atoms with E-state index in [2.05, 4.69) is 20.9 Å². The first-order chi connectivity index (χ1) is 8.40. The minimum atomic E-state index is -1.20. The molecule has 0 aliphatic rings. The lowest BCUT2D eigenvalue weighted by molar-refractivity contribution is 0.608. The number of nitrogens with zero attached hydrogens (tertiary/aromatic N) is 2. The fourth-order valence-electron chi connectivity index (χ4n) is 1.30. The van der Waals surface area contributed by atoms with Gasteiger partial charge in [0.05, 0.1) is 9.50 Å². The molecule has 96 valence electrons. The van der Waals surface area contributed by atoms with Gasteiger partial charge >= 0.3 is 0 Å². The molecule has 2 rings (SSSR count). The summed E-state index contributed by atoms with van der Waals surface area (Å²) in [5.74, 6) is -2.25. The SMILES string of the molecule is O=c1c2c(F)c(Cl)c(Br)c(F)c2nc(Cl)n1SF. The van der Waals surface area contributed by atoms with Crippen molar-refractivity contribution >= 4 is 62.4 Å². The second-order valence-electron chi connectivity index (χ2n) is 3.03. The van der Waals surface area contributed by atoms with Crippen LogP contribution in [0.1, 0.15) is 0 Å². The Labute approximate surface area is 120 Å². The first-order valence-electron chi connectivity index (χ1n) is 4.13. The van der Waals surface area contributed by atoms with E-state index in [1.807, 2.05) is 0 Å². The summed E-state index contributed by atoms with van der Waals surface area (Å²) in [6, 6.07) is 0. The van der Waals surface area contributed by atoms with Crippen LogP contribution in [0.4, 0.5) is 12.7 Å². The zero-order chi connectivity index (χ0) is 13.6. The monoisotopic (exact) mass is 378 g/mol. The van der Waals surface area contributed by atoms with E-state index in [0.29, 0.717) is 0 Å². The van der Waals surface area contributed by atoms with Gasteiger partial charge in [-0.2, -0.15) is 3.97 Å². The number of fused-ring (bicyclic) bond motifs is 1. The number of benzene rings is 1. The Hall–Kier alpha value is -0.440. The molecule has 0 aliphatic heterocycles. The lowest BCUT2D eigenvalue weighted by Crippen LogP contribution is -2.18. The fraction of sp³-hybridized carbons (Fsp3) is 0. The van der Waals surface area contributed by atoms with Gasteiger partial charge < -0.3 is 0 Å². The quantitative estimate of drug-likeness (QED) is 0.424. The van der Waals surface area contributed by atoms with E-state index in [-0.39, 0.29) is 8.45 Å². The summed E-state index contributed by atoms with van der Waals surface area (Å²) in [7, 11) is 0. The average Bonchev–Trinajstić information content (AvgIpc) is 2.33. The summed E-state index contributed by atoms with van der Waals surface area (Å²) >= 11 is 13.1. The van der Waals surface area contributed by atoms with Crippen LogP contribution in [0.15, 0.2) is 9.27 Å². The summed E-state index contributed by atoms with van der Waals surface area (Å²) in [4.78, 5) is 15.1. The lowest BCUT2D eigenvalue weighted by atomic mass is 10.2. The Bertz CT molecular complexity index is 724. The summed E-state index contributed by atoms with van der Waals surface area (Å²) in [5.41, 5.74) is -1.80. The fourth-order valence-corrected chi connectivity index (χ4v) is 2.33. The highest BCUT2D eigenvalue weighted by atomic mass is 79.9. The van der Waals surface area contributed by atoms with E-state index in [1.54, 1.807) is 0 Å². The number of aromatic nitrogens is 2. The number of rotatable bonds is 1. The lowest BCUT2D eigenvalue weighted by Gasteiger charge is -2.07. The molecule has 0 saturated carbocycles. The second kappa shape index (κ2) is 4.92. The van der Waals surface area contributed by atoms with Crippen LogP contribution in [0, 0.1) is 11.6 Å². The number of hydrogen-bond acceptors (Lipinski definition) is 3. The highest BCUT2D eigenvalue weighted by Gasteiger charge is 2.23. The van der Waals surface area contributed by atoms with Crippen molar-refractivity contribution in [3.8, 4) is 0 Å². The Morgan fingerprint density at radius 3 is 2.44 bits per heavy atom. The highest BCUT2D eigenvalue weighted by Crippen LogP contribution is 2.34. The Morgan fingerprint density at radius 1 is 1.28 bits per heavy atom. The van der Waals surface area contributed by atoms with Crippen LogP contribution >= 0.6 is 51.5 Å². The van der Waals surface area contributed by atoms with Gasteiger partial charge in [0, 0.05) is 0 Å². The number of halogens is 6. The van der Waals surface area contributed by atoms with Crippen molar-refractivity contribution in [1.82, 2.24) is 8.96 Å². The zero-order valence-corrected chi connectivity index (χ0v) is 11.9. The van der Waals surface area contributed by atoms with Gasteiger partial charge in [0.2, 0.25) is 5.28 Å². The summed E-state index contributed by atoms with van der Waals surface area (Å²) in [5, 5.41) is -2.01. The van der Waals surface area contributed by atoms with Gasteiger partial charge in [0.25, 0.3) is 5.56 Å². The molecule has 0 saturated heterocycles. The Morgan fingerprint density at radius 2 is 1.89 bits per heavy atom. The molecule has 1 aromatic carbocycles. The van der Waals surface area contributed by atoms with Crippen molar-refractivity contribution in [3.05, 3.63) is 36.8 Å². The van der Waals surface area contributed by atoms with E-state index in [4.69, 9.17) is 23.2 Å². The normalized spacial score (nSPS) is 11.2. The predicted octanol–water partition coefficient (Wildman–Crippen LogP) is 4.12. The summed E-state index contributed by atoms with van der Waals surface area (Å²) in [6.45, 7) is 0. The molecule has 1 aromatic heterocycles. The van der Waals surface area contributed by atoms with Gasteiger partial charge in [-0.25, -0.2) is 13.8 Å². The molecular weight excluding hydrogens is 380 g/mol. The second-order valence-corrected chi connectivity index (χ2v) is 5.04. The Kier molecular flexibility index (Phi) is 3.82. The van der Waals surface area contributed by atoms with E-state index in [1.165, 1.54) is 0 Å². The third-order valence-corrected chi connectivity index (χ3v) is 4.24. The van der Waals surface area contributed by atoms with Crippen LogP contribution in [-0.4, -0.2) is 8.96 Å². The largest absolute Gasteiger partial charge is 0.277 e. The molecule has 0 bridgehead atoms. The molecule has 10 heteroatoms. The molecule has 18 heavy (non-hydrogen) atoms. The molecule has 0 spiro atoms. The average molecular weight is 380 g/mol. The summed E-state index contributed by atoms with van der Waals surface area (Å²) in [6.07, 6.45) is 0. The van der Waals surface area contributed by atoms with Crippen LogP contribution in [0.3, 0.4) is 0 Å². The van der Waals surface area contributed by atoms with E-state index in [0.717, 1.165) is 0 Å². The van der Waals surface area contributed by atoms with Crippen molar-refractivity contribution in [1.29, 1.82) is 0 Å². The maximum atomic E-state index is 13.8. The van der Waals surface area contributed by atoms with Crippen LogP contribution in [0.25, 0.3) is 10.9 Å². The molecule has 0 N–H and O–H groups in total. The van der Waals surface area contributed by atoms with Crippen molar-refractivity contribution < 1.29 is 12.7 Å². The van der Waals surface area contributed by atoms with Crippen LogP contribution < -0.4 is 5.56 Å². The van der Waals surface area contributed by atoms with Gasteiger partial charge in [0.1, 0.15) is 10.9 Å². The smallest absolute Gasteiger partial charge is 0.267 e. The molecule has 2 aromatic rings. The van der Waals surface area contributed by atoms with E-state index in [9.17, 15) is 17.5 Å². The molecule has 0 unspecified atom stereocenters. The van der Waals surface area contributed by atoms with Gasteiger partial charge in [-0.3, -0.25) is 4.79 Å². The molecule has 0 amide bonds. The topological polar surface area (TPSA) is 34.9 Å². The summed E-state index contributed by atoms with van der Waals surface area (Å²) < 4.78 is 39.9. The van der Waals surface area contributed by atoms with Gasteiger partial charge in [-0.05, 0) is 27.5 Å². The maximum absolute atomic E-state index is 13.8. The minimum Gasteiger partial charge on any atom is -0.267 e. The van der Waals surface area contributed by atoms with Gasteiger partial charge in [0.15, 0.2) is 24.0 Å².